The van der Waals surface area contributed by atoms with E-state index in [1.165, 1.54) is 7.11 Å². The Morgan fingerprint density at radius 1 is 1.62 bits per heavy atom. The lowest BCUT2D eigenvalue weighted by molar-refractivity contribution is -0.137. The van der Waals surface area contributed by atoms with E-state index in [1.807, 2.05) is 0 Å². The number of carbonyl (C=O) groups excluding carboxylic acids is 1. The number of hydrogen-bond acceptors (Lipinski definition) is 4. The van der Waals surface area contributed by atoms with Crippen molar-refractivity contribution in [3.05, 3.63) is 42.2 Å². The lowest BCUT2D eigenvalue weighted by Gasteiger charge is -2.19. The summed E-state index contributed by atoms with van der Waals surface area (Å²) in [4.78, 5) is 15.1. The largest absolute Gasteiger partial charge is 0.466 e. The molecule has 0 aliphatic carbocycles. The molecular weight excluding hydrogens is 206 g/mol. The summed E-state index contributed by atoms with van der Waals surface area (Å²) >= 11 is 0. The second kappa shape index (κ2) is 5.42. The van der Waals surface area contributed by atoms with Crippen molar-refractivity contribution in [1.82, 2.24) is 4.98 Å². The first-order valence-electron chi connectivity index (χ1n) is 4.93. The van der Waals surface area contributed by atoms with E-state index >= 15 is 0 Å². The maximum atomic E-state index is 11.2. The third-order valence-electron chi connectivity index (χ3n) is 2.50. The first kappa shape index (κ1) is 12.4. The minimum atomic E-state index is -0.805. The number of aliphatic hydroxyl groups is 1. The standard InChI is InChI=1S/C12H15NO3/c1-8(9(2)12(15)16-3)11(14)10-5-4-6-13-7-10/h4-8,11,14H,2H2,1,3H3/t8-,11+/m1/s1. The molecule has 4 nitrogen and oxygen atoms in total. The van der Waals surface area contributed by atoms with Crippen molar-refractivity contribution in [2.45, 2.75) is 13.0 Å². The van der Waals surface area contributed by atoms with Gasteiger partial charge >= 0.3 is 5.97 Å². The highest BCUT2D eigenvalue weighted by Gasteiger charge is 2.23. The molecule has 0 aromatic carbocycles. The molecule has 2 atom stereocenters. The molecule has 0 aliphatic heterocycles. The van der Waals surface area contributed by atoms with Gasteiger partial charge in [0, 0.05) is 23.9 Å². The van der Waals surface area contributed by atoms with E-state index in [-0.39, 0.29) is 5.57 Å². The lowest BCUT2D eigenvalue weighted by atomic mass is 9.92. The molecule has 0 radical (unpaired) electrons. The molecule has 1 rings (SSSR count). The number of pyridine rings is 1. The topological polar surface area (TPSA) is 59.4 Å². The molecule has 1 aromatic heterocycles. The van der Waals surface area contributed by atoms with E-state index in [0.717, 1.165) is 0 Å². The molecular formula is C12H15NO3. The number of aromatic nitrogens is 1. The van der Waals surface area contributed by atoms with Gasteiger partial charge in [-0.2, -0.15) is 0 Å². The van der Waals surface area contributed by atoms with Gasteiger partial charge in [-0.3, -0.25) is 4.98 Å². The Balaban J connectivity index is 2.79. The van der Waals surface area contributed by atoms with Gasteiger partial charge in [0.25, 0.3) is 0 Å². The Hall–Kier alpha value is -1.68. The van der Waals surface area contributed by atoms with Crippen LogP contribution in [0.2, 0.25) is 0 Å². The normalized spacial score (nSPS) is 13.9. The minimum Gasteiger partial charge on any atom is -0.466 e. The third-order valence-corrected chi connectivity index (χ3v) is 2.50. The van der Waals surface area contributed by atoms with Crippen molar-refractivity contribution in [3.63, 3.8) is 0 Å². The van der Waals surface area contributed by atoms with Crippen LogP contribution in [-0.2, 0) is 9.53 Å². The Labute approximate surface area is 94.6 Å². The number of nitrogens with zero attached hydrogens (tertiary/aromatic N) is 1. The maximum Gasteiger partial charge on any atom is 0.333 e. The summed E-state index contributed by atoms with van der Waals surface area (Å²) in [6.07, 6.45) is 2.38. The van der Waals surface area contributed by atoms with Gasteiger partial charge < -0.3 is 9.84 Å². The summed E-state index contributed by atoms with van der Waals surface area (Å²) in [5, 5.41) is 10.00. The predicted octanol–water partition coefficient (Wildman–Crippen LogP) is 1.48. The summed E-state index contributed by atoms with van der Waals surface area (Å²) in [5.41, 5.74) is 0.902. The molecule has 0 spiro atoms. The Morgan fingerprint density at radius 2 is 2.31 bits per heavy atom. The van der Waals surface area contributed by atoms with Crippen LogP contribution in [0.3, 0.4) is 0 Å². The number of carbonyl (C=O) groups is 1. The average Bonchev–Trinajstić information content (AvgIpc) is 2.36. The minimum absolute atomic E-state index is 0.249. The van der Waals surface area contributed by atoms with Crippen LogP contribution in [0.5, 0.6) is 0 Å². The number of methoxy groups -OCH3 is 1. The molecule has 0 aliphatic rings. The fourth-order valence-electron chi connectivity index (χ4n) is 1.35. The summed E-state index contributed by atoms with van der Waals surface area (Å²) < 4.78 is 4.55. The van der Waals surface area contributed by atoms with Crippen LogP contribution < -0.4 is 0 Å². The highest BCUT2D eigenvalue weighted by atomic mass is 16.5. The molecule has 4 heteroatoms. The molecule has 16 heavy (non-hydrogen) atoms. The van der Waals surface area contributed by atoms with Gasteiger partial charge in [0.05, 0.1) is 13.2 Å². The van der Waals surface area contributed by atoms with Gasteiger partial charge in [-0.05, 0) is 11.6 Å². The van der Waals surface area contributed by atoms with Crippen molar-refractivity contribution in [1.29, 1.82) is 0 Å². The Morgan fingerprint density at radius 3 is 2.81 bits per heavy atom. The van der Waals surface area contributed by atoms with Crippen molar-refractivity contribution < 1.29 is 14.6 Å². The zero-order valence-electron chi connectivity index (χ0n) is 9.38. The smallest absolute Gasteiger partial charge is 0.333 e. The molecule has 1 N–H and O–H groups in total. The van der Waals surface area contributed by atoms with Gasteiger partial charge in [-0.25, -0.2) is 4.79 Å². The van der Waals surface area contributed by atoms with Crippen LogP contribution in [0.15, 0.2) is 36.7 Å². The zero-order chi connectivity index (χ0) is 12.1. The molecule has 0 fully saturated rings. The average molecular weight is 221 g/mol. The Kier molecular flexibility index (Phi) is 4.19. The van der Waals surface area contributed by atoms with Crippen LogP contribution in [0.25, 0.3) is 0 Å². The molecule has 0 unspecified atom stereocenters. The highest BCUT2D eigenvalue weighted by Crippen LogP contribution is 2.26. The van der Waals surface area contributed by atoms with Crippen LogP contribution >= 0.6 is 0 Å². The van der Waals surface area contributed by atoms with E-state index in [4.69, 9.17) is 0 Å². The van der Waals surface area contributed by atoms with Crippen molar-refractivity contribution in [2.24, 2.45) is 5.92 Å². The van der Waals surface area contributed by atoms with E-state index in [0.29, 0.717) is 5.56 Å². The second-order valence-corrected chi connectivity index (χ2v) is 3.54. The molecule has 0 saturated carbocycles. The molecule has 1 heterocycles. The quantitative estimate of drug-likeness (QED) is 0.618. The zero-order valence-corrected chi connectivity index (χ0v) is 9.38. The van der Waals surface area contributed by atoms with Gasteiger partial charge in [-0.15, -0.1) is 0 Å². The first-order valence-corrected chi connectivity index (χ1v) is 4.93. The number of hydrogen-bond donors (Lipinski definition) is 1. The number of ether oxygens (including phenoxy) is 1. The Bertz CT molecular complexity index is 375. The van der Waals surface area contributed by atoms with Gasteiger partial charge in [0.2, 0.25) is 0 Å². The molecule has 1 aromatic rings. The summed E-state index contributed by atoms with van der Waals surface area (Å²) in [6, 6.07) is 3.48. The van der Waals surface area contributed by atoms with Crippen molar-refractivity contribution in [2.75, 3.05) is 7.11 Å². The second-order valence-electron chi connectivity index (χ2n) is 3.54. The van der Waals surface area contributed by atoms with Crippen molar-refractivity contribution >= 4 is 5.97 Å². The summed E-state index contributed by atoms with van der Waals surface area (Å²) in [7, 11) is 1.29. The van der Waals surface area contributed by atoms with Gasteiger partial charge in [0.15, 0.2) is 0 Å². The first-order chi connectivity index (χ1) is 7.57. The van der Waals surface area contributed by atoms with Crippen LogP contribution in [0.1, 0.15) is 18.6 Å². The molecule has 0 saturated heterocycles. The highest BCUT2D eigenvalue weighted by molar-refractivity contribution is 5.88. The van der Waals surface area contributed by atoms with Gasteiger partial charge in [-0.1, -0.05) is 19.6 Å². The molecule has 86 valence electrons. The predicted molar refractivity (Wildman–Crippen MR) is 59.5 cm³/mol. The monoisotopic (exact) mass is 221 g/mol. The number of rotatable bonds is 4. The fraction of sp³-hybridized carbons (Fsp3) is 0.333. The SMILES string of the molecule is C=C(C(=O)OC)[C@@H](C)[C@H](O)c1cccnc1. The molecule has 0 bridgehead atoms. The van der Waals surface area contributed by atoms with Crippen LogP contribution in [0, 0.1) is 5.92 Å². The van der Waals surface area contributed by atoms with Gasteiger partial charge in [0.1, 0.15) is 0 Å². The lowest BCUT2D eigenvalue weighted by Crippen LogP contribution is -2.18. The van der Waals surface area contributed by atoms with E-state index in [9.17, 15) is 9.90 Å². The van der Waals surface area contributed by atoms with Crippen molar-refractivity contribution in [3.8, 4) is 0 Å². The molecule has 0 amide bonds. The summed E-state index contributed by atoms with van der Waals surface area (Å²) in [5.74, 6) is -0.910. The summed E-state index contributed by atoms with van der Waals surface area (Å²) in [6.45, 7) is 5.34. The number of esters is 1. The third kappa shape index (κ3) is 2.67. The van der Waals surface area contributed by atoms with E-state index in [1.54, 1.807) is 31.5 Å². The fourth-order valence-corrected chi connectivity index (χ4v) is 1.35. The van der Waals surface area contributed by atoms with E-state index < -0.39 is 18.0 Å². The maximum absolute atomic E-state index is 11.2. The van der Waals surface area contributed by atoms with Crippen LogP contribution in [0.4, 0.5) is 0 Å². The number of aliphatic hydroxyl groups excluding tert-OH is 1. The van der Waals surface area contributed by atoms with E-state index in [2.05, 4.69) is 16.3 Å². The van der Waals surface area contributed by atoms with Crippen LogP contribution in [-0.4, -0.2) is 23.2 Å².